The third-order valence-corrected chi connectivity index (χ3v) is 3.79. The number of benzene rings is 1. The Kier molecular flexibility index (Phi) is 5.19. The molecule has 0 aliphatic carbocycles. The maximum absolute atomic E-state index is 12.3. The van der Waals surface area contributed by atoms with Crippen molar-refractivity contribution in [2.45, 2.75) is 6.92 Å². The van der Waals surface area contributed by atoms with E-state index in [0.29, 0.717) is 10.8 Å². The van der Waals surface area contributed by atoms with Crippen LogP contribution in [0, 0.1) is 3.57 Å². The molecule has 0 atom stereocenters. The molecule has 1 aromatic carbocycles. The Balaban J connectivity index is 2.25. The van der Waals surface area contributed by atoms with Gasteiger partial charge in [0, 0.05) is 10.1 Å². The highest BCUT2D eigenvalue weighted by molar-refractivity contribution is 14.1. The Morgan fingerprint density at radius 2 is 2.05 bits per heavy atom. The Morgan fingerprint density at radius 3 is 2.75 bits per heavy atom. The van der Waals surface area contributed by atoms with Gasteiger partial charge in [0.25, 0.3) is 5.91 Å². The molecular weight excluding hydrogens is 389 g/mol. The van der Waals surface area contributed by atoms with E-state index in [9.17, 15) is 4.79 Å². The fraction of sp³-hybridized carbons (Fsp3) is 0.143. The van der Waals surface area contributed by atoms with Gasteiger partial charge in [-0.1, -0.05) is 23.7 Å². The molecule has 6 heteroatoms. The number of amides is 1. The Morgan fingerprint density at radius 1 is 1.30 bits per heavy atom. The van der Waals surface area contributed by atoms with E-state index in [-0.39, 0.29) is 11.6 Å². The lowest BCUT2D eigenvalue weighted by molar-refractivity contribution is 0.102. The van der Waals surface area contributed by atoms with E-state index in [4.69, 9.17) is 11.6 Å². The molecular formula is C14H13ClIN3O. The van der Waals surface area contributed by atoms with Gasteiger partial charge in [-0.05, 0) is 53.8 Å². The van der Waals surface area contributed by atoms with Gasteiger partial charge in [-0.2, -0.15) is 0 Å². The SMILES string of the molecule is CCNc1ccc(Cl)c(C(=O)Nc2ccccc2I)n1. The number of hydrogen-bond acceptors (Lipinski definition) is 3. The van der Waals surface area contributed by atoms with Crippen molar-refractivity contribution < 1.29 is 4.79 Å². The predicted octanol–water partition coefficient (Wildman–Crippen LogP) is 4.02. The zero-order chi connectivity index (χ0) is 14.5. The van der Waals surface area contributed by atoms with E-state index in [1.54, 1.807) is 12.1 Å². The molecule has 2 rings (SSSR count). The fourth-order valence-electron chi connectivity index (χ4n) is 1.63. The van der Waals surface area contributed by atoms with Crippen LogP contribution in [-0.2, 0) is 0 Å². The Labute approximate surface area is 136 Å². The monoisotopic (exact) mass is 401 g/mol. The summed E-state index contributed by atoms with van der Waals surface area (Å²) in [6, 6.07) is 10.9. The molecule has 1 heterocycles. The second kappa shape index (κ2) is 6.90. The van der Waals surface area contributed by atoms with E-state index < -0.39 is 0 Å². The van der Waals surface area contributed by atoms with Crippen molar-refractivity contribution in [3.05, 3.63) is 50.7 Å². The van der Waals surface area contributed by atoms with Gasteiger partial charge in [0.15, 0.2) is 0 Å². The molecule has 2 N–H and O–H groups in total. The van der Waals surface area contributed by atoms with Gasteiger partial charge in [0.05, 0.1) is 10.7 Å². The lowest BCUT2D eigenvalue weighted by atomic mass is 10.3. The quantitative estimate of drug-likeness (QED) is 0.761. The van der Waals surface area contributed by atoms with Crippen LogP contribution in [0.25, 0.3) is 0 Å². The lowest BCUT2D eigenvalue weighted by Crippen LogP contribution is -2.16. The number of nitrogens with one attached hydrogen (secondary N) is 2. The number of rotatable bonds is 4. The normalized spacial score (nSPS) is 10.2. The maximum atomic E-state index is 12.3. The van der Waals surface area contributed by atoms with Crippen LogP contribution in [0.2, 0.25) is 5.02 Å². The number of carbonyl (C=O) groups is 1. The smallest absolute Gasteiger partial charge is 0.275 e. The molecule has 0 unspecified atom stereocenters. The zero-order valence-corrected chi connectivity index (χ0v) is 13.7. The highest BCUT2D eigenvalue weighted by atomic mass is 127. The number of halogens is 2. The molecule has 4 nitrogen and oxygen atoms in total. The highest BCUT2D eigenvalue weighted by Crippen LogP contribution is 2.21. The number of carbonyl (C=O) groups excluding carboxylic acids is 1. The molecule has 0 saturated carbocycles. The van der Waals surface area contributed by atoms with Crippen LogP contribution in [0.3, 0.4) is 0 Å². The lowest BCUT2D eigenvalue weighted by Gasteiger charge is -2.09. The minimum atomic E-state index is -0.320. The van der Waals surface area contributed by atoms with Crippen LogP contribution in [0.5, 0.6) is 0 Å². The minimum absolute atomic E-state index is 0.213. The average molecular weight is 402 g/mol. The molecule has 0 fully saturated rings. The second-order valence-electron chi connectivity index (χ2n) is 3.99. The number of para-hydroxylation sites is 1. The van der Waals surface area contributed by atoms with Crippen molar-refractivity contribution in [2.75, 3.05) is 17.2 Å². The third-order valence-electron chi connectivity index (χ3n) is 2.54. The number of hydrogen-bond donors (Lipinski definition) is 2. The van der Waals surface area contributed by atoms with E-state index in [1.165, 1.54) is 0 Å². The number of nitrogens with zero attached hydrogens (tertiary/aromatic N) is 1. The van der Waals surface area contributed by atoms with Crippen LogP contribution in [0.4, 0.5) is 11.5 Å². The van der Waals surface area contributed by atoms with Gasteiger partial charge in [0.2, 0.25) is 0 Å². The number of aromatic nitrogens is 1. The second-order valence-corrected chi connectivity index (χ2v) is 5.56. The highest BCUT2D eigenvalue weighted by Gasteiger charge is 2.14. The largest absolute Gasteiger partial charge is 0.370 e. The van der Waals surface area contributed by atoms with Crippen molar-refractivity contribution in [3.8, 4) is 0 Å². The molecule has 1 aromatic heterocycles. The summed E-state index contributed by atoms with van der Waals surface area (Å²) in [5.41, 5.74) is 0.953. The van der Waals surface area contributed by atoms with Gasteiger partial charge in [0.1, 0.15) is 11.5 Å². The molecule has 0 spiro atoms. The fourth-order valence-corrected chi connectivity index (χ4v) is 2.34. The van der Waals surface area contributed by atoms with Crippen molar-refractivity contribution in [1.82, 2.24) is 4.98 Å². The summed E-state index contributed by atoms with van der Waals surface area (Å²) in [7, 11) is 0. The molecule has 1 amide bonds. The molecule has 0 aliphatic rings. The summed E-state index contributed by atoms with van der Waals surface area (Å²) in [5, 5.41) is 6.20. The first kappa shape index (κ1) is 15.1. The first-order chi connectivity index (χ1) is 9.61. The van der Waals surface area contributed by atoms with Gasteiger partial charge in [-0.25, -0.2) is 4.98 Å². The van der Waals surface area contributed by atoms with Crippen molar-refractivity contribution >= 4 is 51.6 Å². The van der Waals surface area contributed by atoms with Crippen molar-refractivity contribution in [1.29, 1.82) is 0 Å². The molecule has 0 bridgehead atoms. The summed E-state index contributed by atoms with van der Waals surface area (Å²) >= 11 is 8.21. The van der Waals surface area contributed by atoms with Gasteiger partial charge in [-0.15, -0.1) is 0 Å². The first-order valence-electron chi connectivity index (χ1n) is 6.08. The number of anilines is 2. The van der Waals surface area contributed by atoms with E-state index in [1.807, 2.05) is 31.2 Å². The van der Waals surface area contributed by atoms with Crippen LogP contribution in [-0.4, -0.2) is 17.4 Å². The predicted molar refractivity (Wildman–Crippen MR) is 90.5 cm³/mol. The molecule has 0 radical (unpaired) electrons. The van der Waals surface area contributed by atoms with Crippen molar-refractivity contribution in [3.63, 3.8) is 0 Å². The maximum Gasteiger partial charge on any atom is 0.275 e. The van der Waals surface area contributed by atoms with E-state index in [2.05, 4.69) is 38.2 Å². The van der Waals surface area contributed by atoms with Crippen molar-refractivity contribution in [2.24, 2.45) is 0 Å². The van der Waals surface area contributed by atoms with Gasteiger partial charge < -0.3 is 10.6 Å². The number of pyridine rings is 1. The average Bonchev–Trinajstić information content (AvgIpc) is 2.43. The van der Waals surface area contributed by atoms with Crippen LogP contribution < -0.4 is 10.6 Å². The van der Waals surface area contributed by atoms with Crippen LogP contribution in [0.1, 0.15) is 17.4 Å². The van der Waals surface area contributed by atoms with Crippen LogP contribution in [0.15, 0.2) is 36.4 Å². The summed E-state index contributed by atoms with van der Waals surface area (Å²) in [4.78, 5) is 16.5. The van der Waals surface area contributed by atoms with E-state index in [0.717, 1.165) is 15.8 Å². The Hall–Kier alpha value is -1.34. The minimum Gasteiger partial charge on any atom is -0.370 e. The Bertz CT molecular complexity index is 634. The van der Waals surface area contributed by atoms with Gasteiger partial charge >= 0.3 is 0 Å². The van der Waals surface area contributed by atoms with E-state index >= 15 is 0 Å². The molecule has 0 aliphatic heterocycles. The summed E-state index contributed by atoms with van der Waals surface area (Å²) in [5.74, 6) is 0.309. The summed E-state index contributed by atoms with van der Waals surface area (Å²) in [6.45, 7) is 2.69. The van der Waals surface area contributed by atoms with Gasteiger partial charge in [-0.3, -0.25) is 4.79 Å². The topological polar surface area (TPSA) is 54.0 Å². The molecule has 0 saturated heterocycles. The third kappa shape index (κ3) is 3.61. The molecule has 20 heavy (non-hydrogen) atoms. The van der Waals surface area contributed by atoms with Crippen LogP contribution >= 0.6 is 34.2 Å². The summed E-state index contributed by atoms with van der Waals surface area (Å²) < 4.78 is 0.956. The molecule has 2 aromatic rings. The summed E-state index contributed by atoms with van der Waals surface area (Å²) in [6.07, 6.45) is 0. The first-order valence-corrected chi connectivity index (χ1v) is 7.53. The molecule has 104 valence electrons. The standard InChI is InChI=1S/C14H13ClIN3O/c1-2-17-12-8-7-9(15)13(19-12)14(20)18-11-6-4-3-5-10(11)16/h3-8H,2H2,1H3,(H,17,19)(H,18,20). The zero-order valence-electron chi connectivity index (χ0n) is 10.8.